The number of carbonyl (C=O) groups excluding carboxylic acids is 1. The van der Waals surface area contributed by atoms with Gasteiger partial charge in [-0.3, -0.25) is 0 Å². The van der Waals surface area contributed by atoms with E-state index in [2.05, 4.69) is 36.8 Å². The molecule has 0 saturated heterocycles. The van der Waals surface area contributed by atoms with Crippen molar-refractivity contribution in [3.63, 3.8) is 0 Å². The molecule has 1 aromatic rings. The summed E-state index contributed by atoms with van der Waals surface area (Å²) in [6.45, 7) is 6.43. The van der Waals surface area contributed by atoms with Gasteiger partial charge < -0.3 is 4.74 Å². The summed E-state index contributed by atoms with van der Waals surface area (Å²) in [5.41, 5.74) is 5.51. The largest absolute Gasteiger partial charge is 0.465 e. The van der Waals surface area contributed by atoms with Gasteiger partial charge in [0.15, 0.2) is 0 Å². The molecule has 0 aliphatic heterocycles. The standard InChI is InChI=1S/C26H31NO4S/c1-18(2)20-12-14-22-21(17-24(26(28)31-4)23(22)15-13-20)10-7-8-16-27-32(29,30)25-11-6-5-9-19(25)3/h5-6,9,11-15,17-18,27H,7-8,10,16H2,1-4H3. The van der Waals surface area contributed by atoms with Crippen LogP contribution in [0.25, 0.3) is 11.1 Å². The first kappa shape index (κ1) is 24.0. The molecule has 0 saturated carbocycles. The quantitative estimate of drug-likeness (QED) is 0.352. The molecular weight excluding hydrogens is 422 g/mol. The number of rotatable bonds is 9. The Morgan fingerprint density at radius 2 is 1.69 bits per heavy atom. The van der Waals surface area contributed by atoms with Crippen LogP contribution in [-0.2, 0) is 21.2 Å². The lowest BCUT2D eigenvalue weighted by Crippen LogP contribution is -2.25. The Kier molecular flexibility index (Phi) is 7.69. The van der Waals surface area contributed by atoms with E-state index >= 15 is 0 Å². The number of aryl methyl sites for hydroxylation is 2. The molecule has 0 unspecified atom stereocenters. The topological polar surface area (TPSA) is 72.5 Å². The first-order valence-corrected chi connectivity index (χ1v) is 12.4. The Morgan fingerprint density at radius 1 is 1.00 bits per heavy atom. The Morgan fingerprint density at radius 3 is 2.34 bits per heavy atom. The van der Waals surface area contributed by atoms with E-state index in [0.29, 0.717) is 29.3 Å². The summed E-state index contributed by atoms with van der Waals surface area (Å²) < 4.78 is 32.7. The molecule has 0 bridgehead atoms. The van der Waals surface area contributed by atoms with E-state index in [1.807, 2.05) is 18.2 Å². The van der Waals surface area contributed by atoms with E-state index < -0.39 is 10.0 Å². The van der Waals surface area contributed by atoms with Gasteiger partial charge in [0.1, 0.15) is 0 Å². The number of carbonyl (C=O) groups is 1. The summed E-state index contributed by atoms with van der Waals surface area (Å²) in [4.78, 5) is 12.6. The molecule has 0 radical (unpaired) electrons. The molecule has 2 aliphatic rings. The van der Waals surface area contributed by atoms with E-state index in [0.717, 1.165) is 35.1 Å². The van der Waals surface area contributed by atoms with E-state index in [1.54, 1.807) is 25.1 Å². The summed E-state index contributed by atoms with van der Waals surface area (Å²) in [6.07, 6.45) is 2.24. The summed E-state index contributed by atoms with van der Waals surface area (Å²) in [5.74, 6) is 0.0438. The van der Waals surface area contributed by atoms with E-state index in [1.165, 1.54) is 12.7 Å². The highest BCUT2D eigenvalue weighted by atomic mass is 32.2. The monoisotopic (exact) mass is 453 g/mol. The third-order valence-electron chi connectivity index (χ3n) is 5.75. The van der Waals surface area contributed by atoms with Crippen molar-refractivity contribution in [2.24, 2.45) is 0 Å². The van der Waals surface area contributed by atoms with Crippen LogP contribution in [0.1, 0.15) is 59.7 Å². The van der Waals surface area contributed by atoms with Gasteiger partial charge >= 0.3 is 5.97 Å². The lowest BCUT2D eigenvalue weighted by atomic mass is 10.0. The number of fused-ring (bicyclic) bond motifs is 1. The second kappa shape index (κ2) is 10.3. The van der Waals surface area contributed by atoms with Gasteiger partial charge in [0, 0.05) is 6.54 Å². The first-order valence-electron chi connectivity index (χ1n) is 10.9. The van der Waals surface area contributed by atoms with Crippen molar-refractivity contribution in [1.82, 2.24) is 4.72 Å². The average Bonchev–Trinajstić information content (AvgIpc) is 2.94. The summed E-state index contributed by atoms with van der Waals surface area (Å²) in [5, 5.41) is 0. The van der Waals surface area contributed by atoms with Gasteiger partial charge in [0.2, 0.25) is 10.0 Å². The van der Waals surface area contributed by atoms with Gasteiger partial charge in [-0.25, -0.2) is 17.9 Å². The molecule has 0 fully saturated rings. The molecule has 3 rings (SSSR count). The van der Waals surface area contributed by atoms with Crippen LogP contribution in [0.4, 0.5) is 0 Å². The molecule has 1 N–H and O–H groups in total. The summed E-state index contributed by atoms with van der Waals surface area (Å²) in [7, 11) is -2.12. The lowest BCUT2D eigenvalue weighted by Gasteiger charge is -2.09. The fourth-order valence-electron chi connectivity index (χ4n) is 3.89. The van der Waals surface area contributed by atoms with Gasteiger partial charge in [-0.15, -0.1) is 0 Å². The number of esters is 1. The molecule has 0 aromatic heterocycles. The zero-order valence-electron chi connectivity index (χ0n) is 19.1. The van der Waals surface area contributed by atoms with Crippen LogP contribution >= 0.6 is 0 Å². The molecule has 1 aromatic carbocycles. The fraction of sp³-hybridized carbons (Fsp3) is 0.346. The fourth-order valence-corrected chi connectivity index (χ4v) is 5.21. The molecule has 2 aliphatic carbocycles. The molecular formula is C26H31NO4S. The van der Waals surface area contributed by atoms with E-state index in [-0.39, 0.29) is 5.97 Å². The van der Waals surface area contributed by atoms with Gasteiger partial charge in [-0.1, -0.05) is 56.3 Å². The predicted octanol–water partition coefficient (Wildman–Crippen LogP) is 5.31. The Balaban J connectivity index is 1.70. The Labute approximate surface area is 191 Å². The number of nitrogens with one attached hydrogen (secondary N) is 1. The average molecular weight is 454 g/mol. The highest BCUT2D eigenvalue weighted by Gasteiger charge is 2.21. The number of hydrogen-bond donors (Lipinski definition) is 1. The summed E-state index contributed by atoms with van der Waals surface area (Å²) >= 11 is 0. The van der Waals surface area contributed by atoms with Gasteiger partial charge in [0.05, 0.1) is 17.6 Å². The van der Waals surface area contributed by atoms with Crippen LogP contribution in [0.2, 0.25) is 0 Å². The highest BCUT2D eigenvalue weighted by Crippen LogP contribution is 2.34. The number of unbranched alkanes of at least 4 members (excludes halogenated alkanes) is 1. The Bertz CT molecular complexity index is 1170. The smallest absolute Gasteiger partial charge is 0.338 e. The number of ether oxygens (including phenoxy) is 1. The second-order valence-electron chi connectivity index (χ2n) is 8.34. The maximum absolute atomic E-state index is 12.5. The van der Waals surface area contributed by atoms with Crippen LogP contribution < -0.4 is 4.72 Å². The van der Waals surface area contributed by atoms with Crippen LogP contribution in [0, 0.1) is 6.92 Å². The highest BCUT2D eigenvalue weighted by molar-refractivity contribution is 7.89. The minimum Gasteiger partial charge on any atom is -0.465 e. The van der Waals surface area contributed by atoms with Crippen molar-refractivity contribution in [2.45, 2.75) is 50.8 Å². The maximum Gasteiger partial charge on any atom is 0.338 e. The molecule has 32 heavy (non-hydrogen) atoms. The van der Waals surface area contributed by atoms with Gasteiger partial charge in [0.25, 0.3) is 0 Å². The zero-order valence-corrected chi connectivity index (χ0v) is 20.0. The third kappa shape index (κ3) is 5.37. The molecule has 6 heteroatoms. The van der Waals surface area contributed by atoms with Crippen molar-refractivity contribution in [2.75, 3.05) is 13.7 Å². The lowest BCUT2D eigenvalue weighted by molar-refractivity contribution is 0.0602. The predicted molar refractivity (Wildman–Crippen MR) is 128 cm³/mol. The molecule has 170 valence electrons. The SMILES string of the molecule is COC(=O)c1cc(CCCCNS(=O)(=O)c2ccccc2C)c2ccc(C(C)C)ccc1-2. The number of methoxy groups -OCH3 is 1. The van der Waals surface area contributed by atoms with Gasteiger partial charge in [-0.05, 0) is 72.1 Å². The van der Waals surface area contributed by atoms with Crippen molar-refractivity contribution in [1.29, 1.82) is 0 Å². The third-order valence-corrected chi connectivity index (χ3v) is 7.37. The maximum atomic E-state index is 12.5. The molecule has 0 amide bonds. The van der Waals surface area contributed by atoms with Crippen LogP contribution in [-0.4, -0.2) is 28.0 Å². The van der Waals surface area contributed by atoms with Crippen molar-refractivity contribution in [3.8, 4) is 11.1 Å². The minimum atomic E-state index is -3.51. The van der Waals surface area contributed by atoms with Crippen LogP contribution in [0.5, 0.6) is 0 Å². The van der Waals surface area contributed by atoms with E-state index in [4.69, 9.17) is 4.74 Å². The molecule has 0 heterocycles. The summed E-state index contributed by atoms with van der Waals surface area (Å²) in [6, 6.07) is 17.1. The normalized spacial score (nSPS) is 11.8. The molecule has 0 atom stereocenters. The van der Waals surface area contributed by atoms with Crippen LogP contribution in [0.15, 0.2) is 59.5 Å². The molecule has 5 nitrogen and oxygen atoms in total. The van der Waals surface area contributed by atoms with Crippen molar-refractivity contribution < 1.29 is 17.9 Å². The number of hydrogen-bond acceptors (Lipinski definition) is 4. The zero-order chi connectivity index (χ0) is 23.3. The number of sulfonamides is 1. The first-order chi connectivity index (χ1) is 15.2. The van der Waals surface area contributed by atoms with Crippen molar-refractivity contribution >= 4 is 16.0 Å². The van der Waals surface area contributed by atoms with Gasteiger partial charge in [-0.2, -0.15) is 0 Å². The Hall–Kier alpha value is -2.70. The van der Waals surface area contributed by atoms with Crippen molar-refractivity contribution in [3.05, 3.63) is 76.9 Å². The minimum absolute atomic E-state index is 0.318. The second-order valence-corrected chi connectivity index (χ2v) is 10.1. The molecule has 0 spiro atoms. The van der Waals surface area contributed by atoms with E-state index in [9.17, 15) is 13.2 Å². The van der Waals surface area contributed by atoms with Crippen LogP contribution in [0.3, 0.4) is 0 Å². The number of benzene rings is 1.